The standard InChI is InChI=1S/C12H22O/c1-2-4-6-8-10-12-11(13-12)9-7-5-3-1/h11-12H,1-10H2/t11-,12-/m1/s1. The molecular formula is C12H22O. The van der Waals surface area contributed by atoms with Gasteiger partial charge in [0.15, 0.2) is 0 Å². The van der Waals surface area contributed by atoms with Gasteiger partial charge in [0.05, 0.1) is 12.2 Å². The maximum atomic E-state index is 5.63. The van der Waals surface area contributed by atoms with Crippen molar-refractivity contribution in [2.45, 2.75) is 76.4 Å². The van der Waals surface area contributed by atoms with E-state index in [4.69, 9.17) is 4.74 Å². The lowest BCUT2D eigenvalue weighted by Crippen LogP contribution is -1.95. The van der Waals surface area contributed by atoms with Gasteiger partial charge in [-0.2, -0.15) is 0 Å². The topological polar surface area (TPSA) is 12.5 Å². The third-order valence-electron chi connectivity index (χ3n) is 3.41. The van der Waals surface area contributed by atoms with Crippen molar-refractivity contribution < 1.29 is 4.74 Å². The molecule has 1 aliphatic carbocycles. The summed E-state index contributed by atoms with van der Waals surface area (Å²) in [5.74, 6) is 0. The molecule has 0 aromatic heterocycles. The molecule has 1 saturated carbocycles. The molecule has 0 spiro atoms. The molecule has 0 radical (unpaired) electrons. The molecule has 2 rings (SSSR count). The Bertz CT molecular complexity index is 128. The summed E-state index contributed by atoms with van der Waals surface area (Å²) in [5.41, 5.74) is 0. The van der Waals surface area contributed by atoms with Crippen LogP contribution in [0.2, 0.25) is 0 Å². The lowest BCUT2D eigenvalue weighted by molar-refractivity contribution is 0.349. The van der Waals surface area contributed by atoms with Crippen LogP contribution in [0.4, 0.5) is 0 Å². The Kier molecular flexibility index (Phi) is 3.65. The Balaban J connectivity index is 1.66. The third-order valence-corrected chi connectivity index (χ3v) is 3.41. The van der Waals surface area contributed by atoms with E-state index in [9.17, 15) is 0 Å². The highest BCUT2D eigenvalue weighted by Crippen LogP contribution is 2.32. The second-order valence-corrected chi connectivity index (χ2v) is 4.62. The first kappa shape index (κ1) is 9.51. The second-order valence-electron chi connectivity index (χ2n) is 4.62. The molecule has 2 atom stereocenters. The van der Waals surface area contributed by atoms with Gasteiger partial charge in [-0.15, -0.1) is 0 Å². The molecule has 1 aliphatic heterocycles. The fourth-order valence-corrected chi connectivity index (χ4v) is 2.44. The first-order valence-corrected chi connectivity index (χ1v) is 6.12. The van der Waals surface area contributed by atoms with E-state index in [1.54, 1.807) is 0 Å². The Hall–Kier alpha value is -0.0400. The number of hydrogen-bond donors (Lipinski definition) is 0. The fourth-order valence-electron chi connectivity index (χ4n) is 2.44. The molecule has 0 N–H and O–H groups in total. The van der Waals surface area contributed by atoms with Gasteiger partial charge < -0.3 is 4.74 Å². The van der Waals surface area contributed by atoms with Crippen molar-refractivity contribution >= 4 is 0 Å². The van der Waals surface area contributed by atoms with Crippen molar-refractivity contribution in [1.82, 2.24) is 0 Å². The molecule has 76 valence electrons. The van der Waals surface area contributed by atoms with Crippen LogP contribution in [0.25, 0.3) is 0 Å². The van der Waals surface area contributed by atoms with Crippen LogP contribution in [0.3, 0.4) is 0 Å². The van der Waals surface area contributed by atoms with Crippen molar-refractivity contribution in [2.75, 3.05) is 0 Å². The molecule has 2 fully saturated rings. The Morgan fingerprint density at radius 3 is 1.38 bits per heavy atom. The average Bonchev–Trinajstić information content (AvgIpc) is 2.83. The number of fused-ring (bicyclic) bond motifs is 1. The normalized spacial score (nSPS) is 36.9. The summed E-state index contributed by atoms with van der Waals surface area (Å²) >= 11 is 0. The lowest BCUT2D eigenvalue weighted by Gasteiger charge is -2.03. The number of rotatable bonds is 0. The summed E-state index contributed by atoms with van der Waals surface area (Å²) in [7, 11) is 0. The highest BCUT2D eigenvalue weighted by Gasteiger charge is 2.36. The van der Waals surface area contributed by atoms with E-state index in [0.717, 1.165) is 0 Å². The van der Waals surface area contributed by atoms with Gasteiger partial charge in [0.25, 0.3) is 0 Å². The van der Waals surface area contributed by atoms with Gasteiger partial charge in [-0.1, -0.05) is 51.4 Å². The maximum Gasteiger partial charge on any atom is 0.0841 e. The Morgan fingerprint density at radius 1 is 0.538 bits per heavy atom. The van der Waals surface area contributed by atoms with Crippen LogP contribution in [-0.4, -0.2) is 12.2 Å². The quantitative estimate of drug-likeness (QED) is 0.521. The van der Waals surface area contributed by atoms with E-state index in [2.05, 4.69) is 0 Å². The minimum atomic E-state index is 0.666. The van der Waals surface area contributed by atoms with Crippen molar-refractivity contribution in [3.05, 3.63) is 0 Å². The molecule has 0 unspecified atom stereocenters. The zero-order chi connectivity index (χ0) is 8.93. The zero-order valence-electron chi connectivity index (χ0n) is 8.63. The van der Waals surface area contributed by atoms with Crippen molar-refractivity contribution in [2.24, 2.45) is 0 Å². The molecule has 0 bridgehead atoms. The molecule has 0 aromatic rings. The van der Waals surface area contributed by atoms with E-state index in [1.165, 1.54) is 64.2 Å². The van der Waals surface area contributed by atoms with Crippen LogP contribution in [0.5, 0.6) is 0 Å². The average molecular weight is 182 g/mol. The van der Waals surface area contributed by atoms with E-state index >= 15 is 0 Å². The van der Waals surface area contributed by atoms with Crippen LogP contribution in [0.1, 0.15) is 64.2 Å². The highest BCUT2D eigenvalue weighted by molar-refractivity contribution is 4.84. The molecule has 13 heavy (non-hydrogen) atoms. The largest absolute Gasteiger partial charge is 0.370 e. The van der Waals surface area contributed by atoms with Crippen molar-refractivity contribution in [3.8, 4) is 0 Å². The summed E-state index contributed by atoms with van der Waals surface area (Å²) in [5, 5.41) is 0. The molecule has 0 amide bonds. The summed E-state index contributed by atoms with van der Waals surface area (Å²) < 4.78 is 5.63. The van der Waals surface area contributed by atoms with Gasteiger partial charge in [0.2, 0.25) is 0 Å². The second kappa shape index (κ2) is 4.99. The van der Waals surface area contributed by atoms with E-state index in [1.807, 2.05) is 0 Å². The minimum absolute atomic E-state index is 0.666. The fraction of sp³-hybridized carbons (Fsp3) is 1.00. The summed E-state index contributed by atoms with van der Waals surface area (Å²) in [6, 6.07) is 0. The monoisotopic (exact) mass is 182 g/mol. The van der Waals surface area contributed by atoms with Crippen LogP contribution < -0.4 is 0 Å². The summed E-state index contributed by atoms with van der Waals surface area (Å²) in [4.78, 5) is 0. The predicted octanol–water partition coefficient (Wildman–Crippen LogP) is 3.67. The maximum absolute atomic E-state index is 5.63. The van der Waals surface area contributed by atoms with Gasteiger partial charge in [0.1, 0.15) is 0 Å². The Labute approximate surface area is 81.9 Å². The lowest BCUT2D eigenvalue weighted by atomic mass is 10.0. The van der Waals surface area contributed by atoms with Crippen molar-refractivity contribution in [3.63, 3.8) is 0 Å². The third kappa shape index (κ3) is 3.30. The minimum Gasteiger partial charge on any atom is -0.370 e. The first-order valence-electron chi connectivity index (χ1n) is 6.12. The molecule has 0 aromatic carbocycles. The van der Waals surface area contributed by atoms with Crippen molar-refractivity contribution in [1.29, 1.82) is 0 Å². The van der Waals surface area contributed by atoms with Gasteiger partial charge >= 0.3 is 0 Å². The summed E-state index contributed by atoms with van der Waals surface area (Å²) in [6.45, 7) is 0. The van der Waals surface area contributed by atoms with E-state index < -0.39 is 0 Å². The van der Waals surface area contributed by atoms with Gasteiger partial charge in [-0.05, 0) is 12.8 Å². The van der Waals surface area contributed by atoms with Gasteiger partial charge in [-0.3, -0.25) is 0 Å². The van der Waals surface area contributed by atoms with Crippen LogP contribution >= 0.6 is 0 Å². The van der Waals surface area contributed by atoms with Crippen LogP contribution in [0, 0.1) is 0 Å². The molecule has 1 heterocycles. The number of hydrogen-bond acceptors (Lipinski definition) is 1. The molecule has 1 heteroatoms. The van der Waals surface area contributed by atoms with Gasteiger partial charge in [-0.25, -0.2) is 0 Å². The van der Waals surface area contributed by atoms with E-state index in [0.29, 0.717) is 12.2 Å². The summed E-state index contributed by atoms with van der Waals surface area (Å²) in [6.07, 6.45) is 15.5. The number of ether oxygens (including phenoxy) is 1. The Morgan fingerprint density at radius 2 is 0.923 bits per heavy atom. The SMILES string of the molecule is C1CCCCC[C@H]2O[C@@H]2CCCC1. The van der Waals surface area contributed by atoms with E-state index in [-0.39, 0.29) is 0 Å². The van der Waals surface area contributed by atoms with Crippen LogP contribution in [-0.2, 0) is 4.74 Å². The zero-order valence-corrected chi connectivity index (χ0v) is 8.63. The number of epoxide rings is 1. The molecule has 1 saturated heterocycles. The highest BCUT2D eigenvalue weighted by atomic mass is 16.6. The molecular weight excluding hydrogens is 160 g/mol. The smallest absolute Gasteiger partial charge is 0.0841 e. The van der Waals surface area contributed by atoms with Gasteiger partial charge in [0, 0.05) is 0 Å². The van der Waals surface area contributed by atoms with Crippen LogP contribution in [0.15, 0.2) is 0 Å². The molecule has 1 nitrogen and oxygen atoms in total. The molecule has 2 aliphatic rings. The first-order chi connectivity index (χ1) is 6.47. The predicted molar refractivity (Wildman–Crippen MR) is 54.8 cm³/mol.